The molecule has 38 heavy (non-hydrogen) atoms. The standard InChI is InChI=1S/C22H16F3N3O3.C7H14/c1-30-20(29)14-4-2-13(3-5-14)15-6-11-18-19(12-15)28-21(27-18)26-16-7-9-17(10-8-16)31-22(23,24)25;1-7-5-3-2-4-6-7/h2-12H,1H3,(H2,26,27,28);7H,2-6H2,1H3. The van der Waals surface area contributed by atoms with E-state index in [4.69, 9.17) is 4.74 Å². The number of ether oxygens (including phenoxy) is 2. The van der Waals surface area contributed by atoms with E-state index < -0.39 is 12.3 Å². The first kappa shape index (κ1) is 27.0. The number of aromatic nitrogens is 2. The van der Waals surface area contributed by atoms with E-state index in [0.29, 0.717) is 17.2 Å². The minimum atomic E-state index is -4.73. The van der Waals surface area contributed by atoms with Crippen LogP contribution in [0, 0.1) is 5.92 Å². The highest BCUT2D eigenvalue weighted by molar-refractivity contribution is 5.90. The largest absolute Gasteiger partial charge is 0.573 e. The number of aromatic amines is 1. The van der Waals surface area contributed by atoms with Gasteiger partial charge in [-0.25, -0.2) is 9.78 Å². The highest BCUT2D eigenvalue weighted by Crippen LogP contribution is 2.28. The first-order valence-corrected chi connectivity index (χ1v) is 12.5. The Morgan fingerprint density at radius 2 is 1.61 bits per heavy atom. The molecule has 1 aliphatic rings. The maximum atomic E-state index is 12.3. The molecule has 3 aromatic carbocycles. The second kappa shape index (κ2) is 12.0. The quantitative estimate of drug-likeness (QED) is 0.257. The molecule has 4 aromatic rings. The summed E-state index contributed by atoms with van der Waals surface area (Å²) < 4.78 is 45.3. The fraction of sp³-hybridized carbons (Fsp3) is 0.310. The zero-order chi connectivity index (χ0) is 27.1. The van der Waals surface area contributed by atoms with Crippen molar-refractivity contribution in [3.05, 3.63) is 72.3 Å². The lowest BCUT2D eigenvalue weighted by Crippen LogP contribution is -2.16. The van der Waals surface area contributed by atoms with Gasteiger partial charge in [-0.15, -0.1) is 13.2 Å². The van der Waals surface area contributed by atoms with Crippen LogP contribution in [0.2, 0.25) is 0 Å². The van der Waals surface area contributed by atoms with Crippen LogP contribution in [0.15, 0.2) is 66.7 Å². The number of nitrogens with zero attached hydrogens (tertiary/aromatic N) is 1. The van der Waals surface area contributed by atoms with Crippen LogP contribution < -0.4 is 10.1 Å². The Morgan fingerprint density at radius 3 is 2.18 bits per heavy atom. The highest BCUT2D eigenvalue weighted by atomic mass is 19.4. The Kier molecular flexibility index (Phi) is 8.55. The van der Waals surface area contributed by atoms with Gasteiger partial charge in [0.05, 0.1) is 23.7 Å². The smallest absolute Gasteiger partial charge is 0.465 e. The molecule has 0 bridgehead atoms. The fourth-order valence-corrected chi connectivity index (χ4v) is 4.35. The Balaban J connectivity index is 0.000000417. The number of esters is 1. The van der Waals surface area contributed by atoms with E-state index in [1.54, 1.807) is 12.1 Å². The minimum absolute atomic E-state index is 0.300. The number of imidazole rings is 1. The van der Waals surface area contributed by atoms with Gasteiger partial charge in [0.2, 0.25) is 5.95 Å². The lowest BCUT2D eigenvalue weighted by atomic mass is 9.91. The summed E-state index contributed by atoms with van der Waals surface area (Å²) in [6, 6.07) is 18.1. The van der Waals surface area contributed by atoms with Crippen molar-refractivity contribution < 1.29 is 27.4 Å². The second-order valence-electron chi connectivity index (χ2n) is 9.33. The summed E-state index contributed by atoms with van der Waals surface area (Å²) >= 11 is 0. The summed E-state index contributed by atoms with van der Waals surface area (Å²) in [4.78, 5) is 19.1. The fourth-order valence-electron chi connectivity index (χ4n) is 4.35. The Bertz CT molecular complexity index is 1340. The van der Waals surface area contributed by atoms with Gasteiger partial charge < -0.3 is 19.8 Å². The molecule has 0 amide bonds. The predicted octanol–water partition coefficient (Wildman–Crippen LogP) is 8.25. The molecular formula is C29H30F3N3O3. The SMILES string of the molecule is CC1CCCCC1.COC(=O)c1ccc(-c2ccc3nc(Nc4ccc(OC(F)(F)F)cc4)[nH]c3c2)cc1. The van der Waals surface area contributed by atoms with Gasteiger partial charge in [0, 0.05) is 5.69 Å². The average molecular weight is 526 g/mol. The third-order valence-electron chi connectivity index (χ3n) is 6.37. The third kappa shape index (κ3) is 7.50. The van der Waals surface area contributed by atoms with Crippen LogP contribution in [0.3, 0.4) is 0 Å². The molecule has 200 valence electrons. The van der Waals surface area contributed by atoms with Gasteiger partial charge >= 0.3 is 12.3 Å². The average Bonchev–Trinajstić information content (AvgIpc) is 3.31. The Hall–Kier alpha value is -4.01. The molecule has 2 N–H and O–H groups in total. The number of carbonyl (C=O) groups excluding carboxylic acids is 1. The maximum absolute atomic E-state index is 12.3. The zero-order valence-electron chi connectivity index (χ0n) is 21.3. The molecule has 0 unspecified atom stereocenters. The number of hydrogen-bond donors (Lipinski definition) is 2. The number of alkyl halides is 3. The summed E-state index contributed by atoms with van der Waals surface area (Å²) in [6.07, 6.45) is 2.71. The van der Waals surface area contributed by atoms with Gasteiger partial charge in [-0.05, 0) is 65.6 Å². The van der Waals surface area contributed by atoms with Crippen LogP contribution in [-0.2, 0) is 4.74 Å². The summed E-state index contributed by atoms with van der Waals surface area (Å²) in [5.41, 5.74) is 4.34. The summed E-state index contributed by atoms with van der Waals surface area (Å²) in [7, 11) is 1.33. The number of methoxy groups -OCH3 is 1. The van der Waals surface area contributed by atoms with Crippen molar-refractivity contribution in [1.82, 2.24) is 9.97 Å². The van der Waals surface area contributed by atoms with Gasteiger partial charge in [-0.1, -0.05) is 57.2 Å². The van der Waals surface area contributed by atoms with Gasteiger partial charge in [0.25, 0.3) is 0 Å². The molecule has 6 nitrogen and oxygen atoms in total. The molecule has 1 heterocycles. The summed E-state index contributed by atoms with van der Waals surface area (Å²) in [5, 5.41) is 3.01. The number of hydrogen-bond acceptors (Lipinski definition) is 5. The molecule has 1 aromatic heterocycles. The molecule has 0 saturated heterocycles. The summed E-state index contributed by atoms with van der Waals surface area (Å²) in [6.45, 7) is 2.36. The van der Waals surface area contributed by atoms with Crippen molar-refractivity contribution in [2.75, 3.05) is 12.4 Å². The van der Waals surface area contributed by atoms with Crippen LogP contribution in [0.1, 0.15) is 49.4 Å². The van der Waals surface area contributed by atoms with Crippen molar-refractivity contribution in [2.45, 2.75) is 45.4 Å². The van der Waals surface area contributed by atoms with Crippen LogP contribution >= 0.6 is 0 Å². The number of rotatable bonds is 5. The zero-order valence-corrected chi connectivity index (χ0v) is 21.3. The molecule has 0 radical (unpaired) electrons. The predicted molar refractivity (Wildman–Crippen MR) is 142 cm³/mol. The van der Waals surface area contributed by atoms with Crippen LogP contribution in [0.4, 0.5) is 24.8 Å². The molecule has 5 rings (SSSR count). The van der Waals surface area contributed by atoms with Crippen molar-refractivity contribution in [1.29, 1.82) is 0 Å². The van der Waals surface area contributed by atoms with E-state index in [1.807, 2.05) is 30.3 Å². The molecule has 0 spiro atoms. The first-order chi connectivity index (χ1) is 18.2. The number of anilines is 2. The number of carbonyl (C=O) groups is 1. The van der Waals surface area contributed by atoms with E-state index in [1.165, 1.54) is 63.5 Å². The number of H-pyrrole nitrogens is 1. The van der Waals surface area contributed by atoms with Crippen LogP contribution in [0.5, 0.6) is 5.75 Å². The van der Waals surface area contributed by atoms with Crippen LogP contribution in [-0.4, -0.2) is 29.4 Å². The molecule has 0 atom stereocenters. The van der Waals surface area contributed by atoms with Gasteiger partial charge in [-0.3, -0.25) is 0 Å². The molecule has 1 fully saturated rings. The van der Waals surface area contributed by atoms with Crippen molar-refractivity contribution in [2.24, 2.45) is 5.92 Å². The van der Waals surface area contributed by atoms with Gasteiger partial charge in [-0.2, -0.15) is 0 Å². The van der Waals surface area contributed by atoms with Crippen LogP contribution in [0.25, 0.3) is 22.2 Å². The van der Waals surface area contributed by atoms with Gasteiger partial charge in [0.15, 0.2) is 0 Å². The lowest BCUT2D eigenvalue weighted by molar-refractivity contribution is -0.274. The topological polar surface area (TPSA) is 76.2 Å². The Labute approximate surface area is 219 Å². The highest BCUT2D eigenvalue weighted by Gasteiger charge is 2.30. The normalized spacial score (nSPS) is 13.9. The number of benzene rings is 3. The second-order valence-corrected chi connectivity index (χ2v) is 9.33. The van der Waals surface area contributed by atoms with Crippen molar-refractivity contribution >= 4 is 28.6 Å². The molecular weight excluding hydrogens is 495 g/mol. The van der Waals surface area contributed by atoms with E-state index >= 15 is 0 Å². The minimum Gasteiger partial charge on any atom is -0.465 e. The monoisotopic (exact) mass is 525 g/mol. The number of fused-ring (bicyclic) bond motifs is 1. The van der Waals surface area contributed by atoms with E-state index in [9.17, 15) is 18.0 Å². The molecule has 0 aliphatic heterocycles. The lowest BCUT2D eigenvalue weighted by Gasteiger charge is -2.15. The van der Waals surface area contributed by atoms with Crippen molar-refractivity contribution in [3.63, 3.8) is 0 Å². The first-order valence-electron chi connectivity index (χ1n) is 12.5. The number of nitrogens with one attached hydrogen (secondary N) is 2. The number of halogens is 3. The van der Waals surface area contributed by atoms with Crippen molar-refractivity contribution in [3.8, 4) is 16.9 Å². The van der Waals surface area contributed by atoms with Gasteiger partial charge in [0.1, 0.15) is 5.75 Å². The van der Waals surface area contributed by atoms with E-state index in [2.05, 4.69) is 26.9 Å². The van der Waals surface area contributed by atoms with E-state index in [0.717, 1.165) is 28.1 Å². The molecule has 1 aliphatic carbocycles. The molecule has 9 heteroatoms. The Morgan fingerprint density at radius 1 is 0.947 bits per heavy atom. The maximum Gasteiger partial charge on any atom is 0.573 e. The third-order valence-corrected chi connectivity index (χ3v) is 6.37. The summed E-state index contributed by atoms with van der Waals surface area (Å²) in [5.74, 6) is 0.779. The molecule has 1 saturated carbocycles. The van der Waals surface area contributed by atoms with E-state index in [-0.39, 0.29) is 5.75 Å².